The molecule has 33 heavy (non-hydrogen) atoms. The molecule has 0 bridgehead atoms. The van der Waals surface area contributed by atoms with Gasteiger partial charge < -0.3 is 14.6 Å². The Bertz CT molecular complexity index is 1310. The van der Waals surface area contributed by atoms with Crippen LogP contribution in [0, 0.1) is 17.0 Å². The Balaban J connectivity index is 1.58. The van der Waals surface area contributed by atoms with Gasteiger partial charge in [-0.15, -0.1) is 0 Å². The Morgan fingerprint density at radius 1 is 1.12 bits per heavy atom. The number of carbonyl (C=O) groups is 1. The van der Waals surface area contributed by atoms with E-state index in [0.717, 1.165) is 16.6 Å². The third-order valence-electron chi connectivity index (χ3n) is 5.32. The molecule has 0 fully saturated rings. The fourth-order valence-electron chi connectivity index (χ4n) is 3.65. The van der Waals surface area contributed by atoms with Crippen LogP contribution in [0.2, 0.25) is 0 Å². The number of aryl methyl sites for hydroxylation is 1. The van der Waals surface area contributed by atoms with Crippen molar-refractivity contribution < 1.29 is 14.5 Å². The van der Waals surface area contributed by atoms with Crippen molar-refractivity contribution in [2.24, 2.45) is 0 Å². The molecule has 1 N–H and O–H groups in total. The van der Waals surface area contributed by atoms with Gasteiger partial charge in [-0.05, 0) is 43.7 Å². The van der Waals surface area contributed by atoms with E-state index in [2.05, 4.69) is 34.1 Å². The summed E-state index contributed by atoms with van der Waals surface area (Å²) in [4.78, 5) is 28.3. The van der Waals surface area contributed by atoms with Crippen molar-refractivity contribution in [1.29, 1.82) is 0 Å². The van der Waals surface area contributed by atoms with Gasteiger partial charge in [0, 0.05) is 18.2 Å². The number of fused-ring (bicyclic) bond motifs is 1. The van der Waals surface area contributed by atoms with E-state index >= 15 is 0 Å². The number of benzene rings is 3. The van der Waals surface area contributed by atoms with Crippen LogP contribution in [0.5, 0.6) is 5.75 Å². The first-order valence-electron chi connectivity index (χ1n) is 10.7. The fraction of sp³-hybridized carbons (Fsp3) is 0.200. The van der Waals surface area contributed by atoms with Crippen molar-refractivity contribution in [2.75, 3.05) is 6.61 Å². The van der Waals surface area contributed by atoms with Gasteiger partial charge in [0.05, 0.1) is 29.1 Å². The number of nitrogens with one attached hydrogen (secondary N) is 1. The number of nitrogens with zero attached hydrogens (tertiary/aromatic N) is 3. The minimum Gasteiger partial charge on any atom is -0.487 e. The summed E-state index contributed by atoms with van der Waals surface area (Å²) in [6.45, 7) is 4.88. The molecule has 1 aromatic heterocycles. The summed E-state index contributed by atoms with van der Waals surface area (Å²) in [5, 5.41) is 14.2. The maximum atomic E-state index is 12.8. The van der Waals surface area contributed by atoms with Crippen LogP contribution in [0.25, 0.3) is 11.0 Å². The molecule has 4 aromatic rings. The van der Waals surface area contributed by atoms with Gasteiger partial charge in [-0.2, -0.15) is 0 Å². The largest absolute Gasteiger partial charge is 0.487 e. The molecule has 3 aromatic carbocycles. The topological polar surface area (TPSA) is 99.3 Å². The number of carbonyl (C=O) groups excluding carboxylic acids is 1. The van der Waals surface area contributed by atoms with E-state index in [1.54, 1.807) is 6.92 Å². The zero-order valence-corrected chi connectivity index (χ0v) is 18.4. The Labute approximate surface area is 191 Å². The summed E-state index contributed by atoms with van der Waals surface area (Å²) in [6.07, 6.45) is 0. The smallest absolute Gasteiger partial charge is 0.311 e. The average Bonchev–Trinajstić information content (AvgIpc) is 3.16. The van der Waals surface area contributed by atoms with Crippen LogP contribution >= 0.6 is 0 Å². The Morgan fingerprint density at radius 3 is 2.61 bits per heavy atom. The molecule has 0 unspecified atom stereocenters. The molecule has 4 rings (SSSR count). The van der Waals surface area contributed by atoms with Crippen LogP contribution in [0.1, 0.15) is 34.2 Å². The second kappa shape index (κ2) is 9.52. The molecule has 1 heterocycles. The molecule has 0 saturated carbocycles. The number of nitro groups is 1. The van der Waals surface area contributed by atoms with Gasteiger partial charge in [0.2, 0.25) is 0 Å². The maximum absolute atomic E-state index is 12.8. The van der Waals surface area contributed by atoms with Crippen molar-refractivity contribution in [1.82, 2.24) is 14.9 Å². The molecule has 0 aliphatic heterocycles. The van der Waals surface area contributed by atoms with Gasteiger partial charge in [0.25, 0.3) is 5.91 Å². The molecule has 0 aliphatic rings. The molecule has 168 valence electrons. The van der Waals surface area contributed by atoms with E-state index in [9.17, 15) is 14.9 Å². The van der Waals surface area contributed by atoms with E-state index in [0.29, 0.717) is 19.0 Å². The van der Waals surface area contributed by atoms with Crippen molar-refractivity contribution >= 4 is 22.6 Å². The zero-order chi connectivity index (χ0) is 23.4. The third-order valence-corrected chi connectivity index (χ3v) is 5.32. The quantitative estimate of drug-likeness (QED) is 0.316. The number of aromatic nitrogens is 2. The summed E-state index contributed by atoms with van der Waals surface area (Å²) < 4.78 is 7.36. The van der Waals surface area contributed by atoms with Crippen molar-refractivity contribution in [3.63, 3.8) is 0 Å². The minimum absolute atomic E-state index is 0.138. The Hall–Kier alpha value is -4.20. The van der Waals surface area contributed by atoms with Crippen LogP contribution in [0.3, 0.4) is 0 Å². The molecule has 0 atom stereocenters. The molecule has 8 heteroatoms. The molecule has 0 saturated heterocycles. The first kappa shape index (κ1) is 22.0. The lowest BCUT2D eigenvalue weighted by Crippen LogP contribution is -2.25. The molecular weight excluding hydrogens is 420 g/mol. The summed E-state index contributed by atoms with van der Waals surface area (Å²) in [7, 11) is 0. The summed E-state index contributed by atoms with van der Waals surface area (Å²) >= 11 is 0. The van der Waals surface area contributed by atoms with Crippen molar-refractivity contribution in [3.8, 4) is 5.75 Å². The minimum atomic E-state index is -0.553. The number of rotatable bonds is 8. The fourth-order valence-corrected chi connectivity index (χ4v) is 3.65. The van der Waals surface area contributed by atoms with Crippen LogP contribution in [-0.4, -0.2) is 27.0 Å². The summed E-state index contributed by atoms with van der Waals surface area (Å²) in [6, 6.07) is 20.3. The van der Waals surface area contributed by atoms with E-state index < -0.39 is 10.8 Å². The average molecular weight is 444 g/mol. The van der Waals surface area contributed by atoms with Crippen LogP contribution < -0.4 is 10.1 Å². The number of para-hydroxylation sites is 2. The van der Waals surface area contributed by atoms with Crippen molar-refractivity contribution in [3.05, 3.63) is 99.4 Å². The first-order chi connectivity index (χ1) is 16.0. The zero-order valence-electron chi connectivity index (χ0n) is 18.4. The van der Waals surface area contributed by atoms with Crippen LogP contribution in [0.4, 0.5) is 5.69 Å². The molecule has 0 aliphatic carbocycles. The Morgan fingerprint density at radius 2 is 1.88 bits per heavy atom. The number of hydrogen-bond donors (Lipinski definition) is 1. The van der Waals surface area contributed by atoms with Crippen LogP contribution in [-0.2, 0) is 13.1 Å². The predicted octanol–water partition coefficient (Wildman–Crippen LogP) is 4.63. The normalized spacial score (nSPS) is 10.8. The molecule has 0 radical (unpaired) electrons. The highest BCUT2D eigenvalue weighted by Gasteiger charge is 2.19. The first-order valence-corrected chi connectivity index (χ1v) is 10.7. The molecule has 0 spiro atoms. The molecule has 8 nitrogen and oxygen atoms in total. The van der Waals surface area contributed by atoms with Gasteiger partial charge in [-0.1, -0.05) is 42.0 Å². The van der Waals surface area contributed by atoms with E-state index in [1.165, 1.54) is 23.8 Å². The van der Waals surface area contributed by atoms with Gasteiger partial charge in [0.15, 0.2) is 5.75 Å². The number of amides is 1. The number of hydrogen-bond acceptors (Lipinski definition) is 5. The van der Waals surface area contributed by atoms with Gasteiger partial charge in [-0.3, -0.25) is 14.9 Å². The SMILES string of the molecule is CCOc1ccc(C(=O)NCc2nc3ccccc3n2Cc2ccc(C)cc2)cc1[N+](=O)[O-]. The van der Waals surface area contributed by atoms with Gasteiger partial charge >= 0.3 is 5.69 Å². The van der Waals surface area contributed by atoms with Crippen LogP contribution in [0.15, 0.2) is 66.7 Å². The van der Waals surface area contributed by atoms with Gasteiger partial charge in [0.1, 0.15) is 5.82 Å². The highest BCUT2D eigenvalue weighted by atomic mass is 16.6. The summed E-state index contributed by atoms with van der Waals surface area (Å²) in [5.41, 5.74) is 4.07. The standard InChI is InChI=1S/C25H24N4O4/c1-3-33-23-13-12-19(14-22(23)29(31)32)25(30)26-15-24-27-20-6-4-5-7-21(20)28(24)16-18-10-8-17(2)9-11-18/h4-14H,3,15-16H2,1-2H3,(H,26,30). The van der Waals surface area contributed by atoms with Gasteiger partial charge in [-0.25, -0.2) is 4.98 Å². The van der Waals surface area contributed by atoms with E-state index in [-0.39, 0.29) is 23.5 Å². The molecular formula is C25H24N4O4. The third kappa shape index (κ3) is 4.85. The number of ether oxygens (including phenoxy) is 1. The lowest BCUT2D eigenvalue weighted by atomic mass is 10.1. The monoisotopic (exact) mass is 444 g/mol. The second-order valence-electron chi connectivity index (χ2n) is 7.64. The number of imidazole rings is 1. The lowest BCUT2D eigenvalue weighted by molar-refractivity contribution is -0.385. The summed E-state index contributed by atoms with van der Waals surface area (Å²) in [5.74, 6) is 0.416. The highest BCUT2D eigenvalue weighted by molar-refractivity contribution is 5.95. The molecule has 1 amide bonds. The van der Waals surface area contributed by atoms with E-state index in [4.69, 9.17) is 9.72 Å². The number of nitro benzene ring substituents is 1. The van der Waals surface area contributed by atoms with E-state index in [1.807, 2.05) is 31.2 Å². The van der Waals surface area contributed by atoms with Crippen molar-refractivity contribution in [2.45, 2.75) is 26.9 Å². The maximum Gasteiger partial charge on any atom is 0.311 e. The predicted molar refractivity (Wildman–Crippen MR) is 125 cm³/mol. The Kier molecular flexibility index (Phi) is 6.35. The lowest BCUT2D eigenvalue weighted by Gasteiger charge is -2.11. The highest BCUT2D eigenvalue weighted by Crippen LogP contribution is 2.28. The second-order valence-corrected chi connectivity index (χ2v) is 7.64.